The first-order valence-corrected chi connectivity index (χ1v) is 8.44. The van der Waals surface area contributed by atoms with Crippen LogP contribution in [0.5, 0.6) is 11.5 Å². The molecule has 128 valence electrons. The number of carbonyl (C=O) groups is 1. The van der Waals surface area contributed by atoms with E-state index < -0.39 is 0 Å². The number of aromatic hydroxyl groups is 1. The van der Waals surface area contributed by atoms with Crippen molar-refractivity contribution in [3.63, 3.8) is 0 Å². The highest BCUT2D eigenvalue weighted by molar-refractivity contribution is 6.30. The summed E-state index contributed by atoms with van der Waals surface area (Å²) in [6.45, 7) is 1.15. The number of rotatable bonds is 9. The molecular formula is C19H22ClNO3. The Morgan fingerprint density at radius 2 is 1.75 bits per heavy atom. The fourth-order valence-corrected chi connectivity index (χ4v) is 2.35. The summed E-state index contributed by atoms with van der Waals surface area (Å²) >= 11 is 5.80. The molecule has 0 fully saturated rings. The number of ether oxygens (including phenoxy) is 1. The molecule has 0 saturated heterocycles. The van der Waals surface area contributed by atoms with Crippen LogP contribution in [0.3, 0.4) is 0 Å². The number of aryl methyl sites for hydroxylation is 1. The molecule has 0 unspecified atom stereocenters. The largest absolute Gasteiger partial charge is 0.508 e. The molecule has 0 aromatic heterocycles. The Hall–Kier alpha value is -2.20. The summed E-state index contributed by atoms with van der Waals surface area (Å²) in [4.78, 5) is 11.7. The molecule has 0 heterocycles. The Morgan fingerprint density at radius 3 is 2.46 bits per heavy atom. The first-order chi connectivity index (χ1) is 11.6. The minimum Gasteiger partial charge on any atom is -0.508 e. The maximum Gasteiger partial charge on any atom is 0.220 e. The molecule has 0 radical (unpaired) electrons. The van der Waals surface area contributed by atoms with Crippen LogP contribution >= 0.6 is 11.6 Å². The third kappa shape index (κ3) is 6.92. The lowest BCUT2D eigenvalue weighted by Gasteiger charge is -2.07. The molecule has 24 heavy (non-hydrogen) atoms. The molecule has 0 aliphatic carbocycles. The van der Waals surface area contributed by atoms with Crippen LogP contribution in [-0.2, 0) is 11.2 Å². The lowest BCUT2D eigenvalue weighted by molar-refractivity contribution is -0.121. The van der Waals surface area contributed by atoms with Gasteiger partial charge >= 0.3 is 0 Å². The zero-order valence-electron chi connectivity index (χ0n) is 13.5. The predicted octanol–water partition coefficient (Wildman–Crippen LogP) is 3.95. The van der Waals surface area contributed by atoms with Crippen molar-refractivity contribution in [2.75, 3.05) is 13.2 Å². The molecule has 4 nitrogen and oxygen atoms in total. The first-order valence-electron chi connectivity index (χ1n) is 8.06. The number of nitrogens with one attached hydrogen (secondary N) is 1. The molecule has 0 bridgehead atoms. The van der Waals surface area contributed by atoms with Crippen molar-refractivity contribution in [2.24, 2.45) is 0 Å². The van der Waals surface area contributed by atoms with Crippen molar-refractivity contribution < 1.29 is 14.6 Å². The first kappa shape index (κ1) is 18.1. The van der Waals surface area contributed by atoms with Gasteiger partial charge in [-0.2, -0.15) is 0 Å². The van der Waals surface area contributed by atoms with Gasteiger partial charge in [0.05, 0.1) is 6.61 Å². The number of amides is 1. The van der Waals surface area contributed by atoms with E-state index in [0.29, 0.717) is 31.0 Å². The molecule has 0 aliphatic rings. The molecule has 2 rings (SSSR count). The Bertz CT molecular complexity index is 571. The van der Waals surface area contributed by atoms with Gasteiger partial charge in [0.25, 0.3) is 0 Å². The molecule has 2 N–H and O–H groups in total. The topological polar surface area (TPSA) is 58.6 Å². The summed E-state index contributed by atoms with van der Waals surface area (Å²) < 4.78 is 5.55. The molecule has 0 saturated carbocycles. The minimum atomic E-state index is 0.0420. The van der Waals surface area contributed by atoms with Crippen molar-refractivity contribution in [2.45, 2.75) is 25.7 Å². The number of carbonyl (C=O) groups excluding carboxylic acids is 1. The highest BCUT2D eigenvalue weighted by Gasteiger charge is 2.02. The SMILES string of the molecule is O=C(CCCOc1ccc(Cl)cc1)NCCCc1ccc(O)cc1. The average molecular weight is 348 g/mol. The number of phenols is 1. The second kappa shape index (κ2) is 9.83. The number of benzene rings is 2. The summed E-state index contributed by atoms with van der Waals surface area (Å²) in [7, 11) is 0. The highest BCUT2D eigenvalue weighted by Crippen LogP contribution is 2.15. The number of halogens is 1. The van der Waals surface area contributed by atoms with Crippen molar-refractivity contribution in [1.29, 1.82) is 0 Å². The van der Waals surface area contributed by atoms with E-state index in [1.807, 2.05) is 24.3 Å². The number of hydrogen-bond acceptors (Lipinski definition) is 3. The van der Waals surface area contributed by atoms with Crippen molar-refractivity contribution in [3.05, 3.63) is 59.1 Å². The van der Waals surface area contributed by atoms with Gasteiger partial charge < -0.3 is 15.2 Å². The third-order valence-corrected chi connectivity index (χ3v) is 3.78. The van der Waals surface area contributed by atoms with E-state index >= 15 is 0 Å². The smallest absolute Gasteiger partial charge is 0.220 e. The van der Waals surface area contributed by atoms with E-state index in [1.54, 1.807) is 24.3 Å². The van der Waals surface area contributed by atoms with Gasteiger partial charge in [-0.15, -0.1) is 0 Å². The summed E-state index contributed by atoms with van der Waals surface area (Å²) in [5.41, 5.74) is 1.15. The van der Waals surface area contributed by atoms with Crippen LogP contribution in [-0.4, -0.2) is 24.2 Å². The predicted molar refractivity (Wildman–Crippen MR) is 95.6 cm³/mol. The van der Waals surface area contributed by atoms with Crippen LogP contribution in [0.15, 0.2) is 48.5 Å². The van der Waals surface area contributed by atoms with Gasteiger partial charge in [0.2, 0.25) is 5.91 Å². The van der Waals surface area contributed by atoms with Crippen LogP contribution in [0.4, 0.5) is 0 Å². The standard InChI is InChI=1S/C19H22ClNO3/c20-16-7-11-18(12-8-16)24-14-2-4-19(23)21-13-1-3-15-5-9-17(22)10-6-15/h5-12,22H,1-4,13-14H2,(H,21,23). The Labute approximate surface area is 147 Å². The third-order valence-electron chi connectivity index (χ3n) is 3.53. The maximum absolute atomic E-state index is 11.7. The van der Waals surface area contributed by atoms with Crippen LogP contribution < -0.4 is 10.1 Å². The molecule has 2 aromatic rings. The van der Waals surface area contributed by atoms with E-state index in [-0.39, 0.29) is 11.7 Å². The van der Waals surface area contributed by atoms with Gasteiger partial charge in [-0.05, 0) is 61.2 Å². The lowest BCUT2D eigenvalue weighted by atomic mass is 10.1. The van der Waals surface area contributed by atoms with Gasteiger partial charge in [-0.25, -0.2) is 0 Å². The Kier molecular flexibility index (Phi) is 7.43. The fraction of sp³-hybridized carbons (Fsp3) is 0.316. The van der Waals surface area contributed by atoms with Crippen LogP contribution in [0.25, 0.3) is 0 Å². The van der Waals surface area contributed by atoms with E-state index in [1.165, 1.54) is 0 Å². The van der Waals surface area contributed by atoms with Gasteiger partial charge in [0, 0.05) is 18.0 Å². The highest BCUT2D eigenvalue weighted by atomic mass is 35.5. The molecule has 0 aliphatic heterocycles. The Morgan fingerprint density at radius 1 is 1.04 bits per heavy atom. The molecule has 0 atom stereocenters. The molecular weight excluding hydrogens is 326 g/mol. The molecule has 1 amide bonds. The van der Waals surface area contributed by atoms with Crippen molar-refractivity contribution in [1.82, 2.24) is 5.32 Å². The quantitative estimate of drug-likeness (QED) is 0.675. The van der Waals surface area contributed by atoms with Crippen LogP contribution in [0.2, 0.25) is 5.02 Å². The monoisotopic (exact) mass is 347 g/mol. The zero-order chi connectivity index (χ0) is 17.2. The second-order valence-electron chi connectivity index (χ2n) is 5.53. The maximum atomic E-state index is 11.7. The summed E-state index contributed by atoms with van der Waals surface area (Å²) in [5, 5.41) is 12.8. The fourth-order valence-electron chi connectivity index (χ4n) is 2.22. The molecule has 2 aromatic carbocycles. The van der Waals surface area contributed by atoms with Crippen molar-refractivity contribution in [3.8, 4) is 11.5 Å². The van der Waals surface area contributed by atoms with Gasteiger partial charge in [-0.1, -0.05) is 23.7 Å². The minimum absolute atomic E-state index is 0.0420. The second-order valence-corrected chi connectivity index (χ2v) is 5.96. The summed E-state index contributed by atoms with van der Waals surface area (Å²) in [6.07, 6.45) is 2.87. The lowest BCUT2D eigenvalue weighted by Crippen LogP contribution is -2.24. The van der Waals surface area contributed by atoms with E-state index in [4.69, 9.17) is 16.3 Å². The van der Waals surface area contributed by atoms with Crippen LogP contribution in [0.1, 0.15) is 24.8 Å². The molecule has 5 heteroatoms. The zero-order valence-corrected chi connectivity index (χ0v) is 14.3. The van der Waals surface area contributed by atoms with Gasteiger partial charge in [0.15, 0.2) is 0 Å². The number of phenolic OH excluding ortho intramolecular Hbond substituents is 1. The van der Waals surface area contributed by atoms with E-state index in [2.05, 4.69) is 5.32 Å². The molecule has 0 spiro atoms. The van der Waals surface area contributed by atoms with Gasteiger partial charge in [-0.3, -0.25) is 4.79 Å². The number of hydrogen-bond donors (Lipinski definition) is 2. The summed E-state index contributed by atoms with van der Waals surface area (Å²) in [6, 6.07) is 14.3. The van der Waals surface area contributed by atoms with Crippen LogP contribution in [0, 0.1) is 0 Å². The summed E-state index contributed by atoms with van der Waals surface area (Å²) in [5.74, 6) is 1.07. The van der Waals surface area contributed by atoms with Gasteiger partial charge in [0.1, 0.15) is 11.5 Å². The van der Waals surface area contributed by atoms with E-state index in [0.717, 1.165) is 24.2 Å². The Balaban J connectivity index is 1.52. The van der Waals surface area contributed by atoms with Crippen molar-refractivity contribution >= 4 is 17.5 Å². The average Bonchev–Trinajstić information content (AvgIpc) is 2.59. The normalized spacial score (nSPS) is 10.4. The van der Waals surface area contributed by atoms with E-state index in [9.17, 15) is 9.90 Å².